The van der Waals surface area contributed by atoms with Gasteiger partial charge in [-0.3, -0.25) is 4.79 Å². The standard InChI is InChI=1S/C19H13ClF3N3O/c20-26-14-6-5-11(8-12(14)9-15(26)27)16-17(10-3-4-10)24-25-7-1-2-13(18(16)25)19(21,22)23/h1-2,5-8,10H,3-4,9H2. The second kappa shape index (κ2) is 5.48. The number of alkyl halides is 3. The van der Waals surface area contributed by atoms with E-state index in [1.165, 1.54) is 16.8 Å². The molecular formula is C19H13ClF3N3O. The third kappa shape index (κ3) is 2.52. The third-order valence-corrected chi connectivity index (χ3v) is 5.46. The highest BCUT2D eigenvalue weighted by molar-refractivity contribution is 6.38. The second-order valence-electron chi connectivity index (χ2n) is 6.94. The molecule has 1 aromatic carbocycles. The molecule has 2 aliphatic rings. The second-order valence-corrected chi connectivity index (χ2v) is 7.28. The molecule has 138 valence electrons. The van der Waals surface area contributed by atoms with Gasteiger partial charge in [-0.15, -0.1) is 0 Å². The Kier molecular flexibility index (Phi) is 3.37. The summed E-state index contributed by atoms with van der Waals surface area (Å²) < 4.78 is 43.3. The Morgan fingerprint density at radius 3 is 2.67 bits per heavy atom. The highest BCUT2D eigenvalue weighted by atomic mass is 35.5. The van der Waals surface area contributed by atoms with E-state index in [2.05, 4.69) is 5.10 Å². The Balaban J connectivity index is 1.79. The Morgan fingerprint density at radius 1 is 1.19 bits per heavy atom. The number of fused-ring (bicyclic) bond motifs is 2. The number of aromatic nitrogens is 2. The van der Waals surface area contributed by atoms with Gasteiger partial charge >= 0.3 is 6.18 Å². The predicted octanol–water partition coefficient (Wildman–Crippen LogP) is 4.94. The van der Waals surface area contributed by atoms with Gasteiger partial charge in [0.1, 0.15) is 0 Å². The normalized spacial score (nSPS) is 17.0. The minimum atomic E-state index is -4.49. The summed E-state index contributed by atoms with van der Waals surface area (Å²) in [5, 5.41) is 4.46. The lowest BCUT2D eigenvalue weighted by molar-refractivity contribution is -0.136. The molecule has 1 aliphatic heterocycles. The fraction of sp³-hybridized carbons (Fsp3) is 0.263. The van der Waals surface area contributed by atoms with Gasteiger partial charge < -0.3 is 0 Å². The fourth-order valence-corrected chi connectivity index (χ4v) is 3.94. The summed E-state index contributed by atoms with van der Waals surface area (Å²) in [6.45, 7) is 0. The average Bonchev–Trinajstić information content (AvgIpc) is 3.33. The van der Waals surface area contributed by atoms with Crippen molar-refractivity contribution in [1.82, 2.24) is 9.61 Å². The highest BCUT2D eigenvalue weighted by Crippen LogP contribution is 2.48. The minimum absolute atomic E-state index is 0.0545. The van der Waals surface area contributed by atoms with Crippen LogP contribution in [0.15, 0.2) is 36.5 Å². The van der Waals surface area contributed by atoms with E-state index in [9.17, 15) is 18.0 Å². The lowest BCUT2D eigenvalue weighted by Gasteiger charge is -2.12. The SMILES string of the molecule is O=C1Cc2cc(-c3c(C4CC4)nn4cccc(C(F)(F)F)c34)ccc2N1Cl. The van der Waals surface area contributed by atoms with Gasteiger partial charge in [0.05, 0.1) is 28.9 Å². The molecule has 0 atom stereocenters. The zero-order chi connectivity index (χ0) is 18.9. The van der Waals surface area contributed by atoms with Crippen LogP contribution in [0.4, 0.5) is 18.9 Å². The molecule has 0 unspecified atom stereocenters. The van der Waals surface area contributed by atoms with Gasteiger partial charge in [-0.25, -0.2) is 8.93 Å². The summed E-state index contributed by atoms with van der Waals surface area (Å²) in [5.41, 5.74) is 2.42. The van der Waals surface area contributed by atoms with Crippen molar-refractivity contribution in [2.24, 2.45) is 0 Å². The molecular weight excluding hydrogens is 379 g/mol. The van der Waals surface area contributed by atoms with Gasteiger partial charge in [-0.05, 0) is 48.2 Å². The third-order valence-electron chi connectivity index (χ3n) is 5.09. The number of hydrogen-bond donors (Lipinski definition) is 0. The van der Waals surface area contributed by atoms with Crippen molar-refractivity contribution in [3.8, 4) is 11.1 Å². The van der Waals surface area contributed by atoms with E-state index in [-0.39, 0.29) is 23.8 Å². The van der Waals surface area contributed by atoms with Crippen LogP contribution in [-0.4, -0.2) is 15.5 Å². The van der Waals surface area contributed by atoms with Crippen LogP contribution in [0.3, 0.4) is 0 Å². The van der Waals surface area contributed by atoms with Gasteiger partial charge in [-0.1, -0.05) is 6.07 Å². The van der Waals surface area contributed by atoms with E-state index in [0.29, 0.717) is 28.1 Å². The minimum Gasteiger partial charge on any atom is -0.273 e. The number of carbonyl (C=O) groups is 1. The summed E-state index contributed by atoms with van der Waals surface area (Å²) in [6.07, 6.45) is -0.986. The quantitative estimate of drug-likeness (QED) is 0.580. The van der Waals surface area contributed by atoms with Crippen LogP contribution in [0.25, 0.3) is 16.6 Å². The molecule has 0 N–H and O–H groups in total. The molecule has 3 aromatic rings. The molecule has 0 spiro atoms. The topological polar surface area (TPSA) is 37.6 Å². The first-order chi connectivity index (χ1) is 12.8. The van der Waals surface area contributed by atoms with Crippen LogP contribution < -0.4 is 4.42 Å². The number of benzene rings is 1. The summed E-state index contributed by atoms with van der Waals surface area (Å²) in [6, 6.07) is 7.58. The van der Waals surface area contributed by atoms with Crippen LogP contribution in [0.5, 0.6) is 0 Å². The molecule has 27 heavy (non-hydrogen) atoms. The maximum Gasteiger partial charge on any atom is 0.418 e. The van der Waals surface area contributed by atoms with E-state index in [1.54, 1.807) is 18.2 Å². The number of nitrogens with zero attached hydrogens (tertiary/aromatic N) is 3. The number of amides is 1. The number of carbonyl (C=O) groups excluding carboxylic acids is 1. The van der Waals surface area contributed by atoms with Crippen molar-refractivity contribution >= 4 is 28.9 Å². The van der Waals surface area contributed by atoms with Crippen LogP contribution in [0.2, 0.25) is 0 Å². The molecule has 0 saturated heterocycles. The van der Waals surface area contributed by atoms with Gasteiger partial charge in [0.25, 0.3) is 0 Å². The number of rotatable bonds is 2. The van der Waals surface area contributed by atoms with E-state index in [0.717, 1.165) is 23.3 Å². The van der Waals surface area contributed by atoms with E-state index < -0.39 is 11.7 Å². The molecule has 0 bridgehead atoms. The molecule has 8 heteroatoms. The van der Waals surface area contributed by atoms with Gasteiger partial charge in [0, 0.05) is 29.5 Å². The first-order valence-electron chi connectivity index (χ1n) is 8.55. The van der Waals surface area contributed by atoms with Gasteiger partial charge in [-0.2, -0.15) is 18.3 Å². The van der Waals surface area contributed by atoms with E-state index in [4.69, 9.17) is 11.8 Å². The van der Waals surface area contributed by atoms with Crippen molar-refractivity contribution < 1.29 is 18.0 Å². The Labute approximate surface area is 157 Å². The van der Waals surface area contributed by atoms with Crippen molar-refractivity contribution in [2.45, 2.75) is 31.4 Å². The first-order valence-corrected chi connectivity index (χ1v) is 8.89. The lowest BCUT2D eigenvalue weighted by Crippen LogP contribution is -2.13. The zero-order valence-electron chi connectivity index (χ0n) is 13.9. The molecule has 2 aromatic heterocycles. The largest absolute Gasteiger partial charge is 0.418 e. The van der Waals surface area contributed by atoms with Gasteiger partial charge in [0.2, 0.25) is 5.91 Å². The van der Waals surface area contributed by atoms with E-state index >= 15 is 0 Å². The number of halogens is 4. The van der Waals surface area contributed by atoms with Crippen LogP contribution in [0.1, 0.15) is 35.6 Å². The van der Waals surface area contributed by atoms with Crippen LogP contribution >= 0.6 is 11.8 Å². The molecule has 1 saturated carbocycles. The number of anilines is 1. The van der Waals surface area contributed by atoms with Crippen molar-refractivity contribution in [2.75, 3.05) is 4.42 Å². The van der Waals surface area contributed by atoms with Crippen molar-refractivity contribution in [3.05, 3.63) is 53.3 Å². The van der Waals surface area contributed by atoms with Crippen LogP contribution in [-0.2, 0) is 17.4 Å². The maximum absolute atomic E-state index is 13.7. The predicted molar refractivity (Wildman–Crippen MR) is 94.6 cm³/mol. The molecule has 1 fully saturated rings. The number of pyridine rings is 1. The summed E-state index contributed by atoms with van der Waals surface area (Å²) in [5.74, 6) is -0.0810. The molecule has 5 rings (SSSR count). The zero-order valence-corrected chi connectivity index (χ0v) is 14.7. The van der Waals surface area contributed by atoms with Crippen molar-refractivity contribution in [3.63, 3.8) is 0 Å². The first kappa shape index (κ1) is 16.6. The lowest BCUT2D eigenvalue weighted by atomic mass is 9.97. The molecule has 3 heterocycles. The average molecular weight is 392 g/mol. The summed E-state index contributed by atoms with van der Waals surface area (Å²) >= 11 is 5.96. The Hall–Kier alpha value is -2.54. The summed E-state index contributed by atoms with van der Waals surface area (Å²) in [7, 11) is 0. The van der Waals surface area contributed by atoms with Crippen LogP contribution in [0, 0.1) is 0 Å². The monoisotopic (exact) mass is 391 g/mol. The highest BCUT2D eigenvalue weighted by Gasteiger charge is 2.38. The fourth-order valence-electron chi connectivity index (χ4n) is 3.71. The van der Waals surface area contributed by atoms with Gasteiger partial charge in [0.15, 0.2) is 0 Å². The number of hydrogen-bond acceptors (Lipinski definition) is 2. The molecule has 1 aliphatic carbocycles. The Bertz CT molecular complexity index is 1100. The molecule has 1 amide bonds. The molecule has 0 radical (unpaired) electrons. The van der Waals surface area contributed by atoms with E-state index in [1.807, 2.05) is 0 Å². The Morgan fingerprint density at radius 2 is 1.96 bits per heavy atom. The smallest absolute Gasteiger partial charge is 0.273 e. The summed E-state index contributed by atoms with van der Waals surface area (Å²) in [4.78, 5) is 11.8. The molecule has 4 nitrogen and oxygen atoms in total. The van der Waals surface area contributed by atoms with Crippen molar-refractivity contribution in [1.29, 1.82) is 0 Å². The maximum atomic E-state index is 13.7.